The van der Waals surface area contributed by atoms with Crippen LogP contribution in [-0.4, -0.2) is 44.5 Å². The first-order valence-electron chi connectivity index (χ1n) is 6.10. The predicted molar refractivity (Wildman–Crippen MR) is 77.1 cm³/mol. The molecule has 126 valence electrons. The molecule has 1 aromatic carbocycles. The van der Waals surface area contributed by atoms with Gasteiger partial charge < -0.3 is 25.9 Å². The Kier molecular flexibility index (Phi) is 6.93. The lowest BCUT2D eigenvalue weighted by Gasteiger charge is -2.19. The fourth-order valence-electron chi connectivity index (χ4n) is 1.53. The van der Waals surface area contributed by atoms with Crippen molar-refractivity contribution in [2.45, 2.75) is 12.1 Å². The van der Waals surface area contributed by atoms with Crippen LogP contribution < -0.4 is 11.0 Å². The van der Waals surface area contributed by atoms with Gasteiger partial charge in [0.05, 0.1) is 5.56 Å². The van der Waals surface area contributed by atoms with Crippen LogP contribution >= 0.6 is 11.8 Å². The number of nitrogens with two attached hydrogens (primary N) is 1. The molecular weight excluding hydrogens is 332 g/mol. The Morgan fingerprint density at radius 2 is 1.87 bits per heavy atom. The van der Waals surface area contributed by atoms with Gasteiger partial charge in [-0.05, 0) is 17.8 Å². The molecule has 0 spiro atoms. The number of nitrogens with one attached hydrogen (secondary N) is 1. The second-order valence-corrected chi connectivity index (χ2v) is 5.19. The first-order chi connectivity index (χ1) is 10.7. The monoisotopic (exact) mass is 346 g/mol. The Labute approximate surface area is 134 Å². The highest BCUT2D eigenvalue weighted by molar-refractivity contribution is 8.13. The molecule has 0 amide bonds. The maximum atomic E-state index is 11.6. The first kappa shape index (κ1) is 18.9. The Morgan fingerprint density at radius 1 is 1.26 bits per heavy atom. The summed E-state index contributed by atoms with van der Waals surface area (Å²) >= 11 is 0.390. The maximum absolute atomic E-state index is 11.6. The second kappa shape index (κ2) is 8.45. The average molecular weight is 346 g/mol. The number of hydrogen-bond donors (Lipinski definition) is 5. The molecule has 1 rings (SSSR count). The van der Waals surface area contributed by atoms with E-state index in [9.17, 15) is 19.6 Å². The molecule has 6 N–H and O–H groups in total. The molecule has 1 aromatic rings. The Morgan fingerprint density at radius 3 is 2.39 bits per heavy atom. The Balaban J connectivity index is 2.87. The van der Waals surface area contributed by atoms with Gasteiger partial charge in [-0.1, -0.05) is 12.1 Å². The van der Waals surface area contributed by atoms with Crippen LogP contribution in [0.2, 0.25) is 0 Å². The van der Waals surface area contributed by atoms with Crippen LogP contribution in [0.25, 0.3) is 0 Å². The van der Waals surface area contributed by atoms with Crippen LogP contribution in [0.4, 0.5) is 10.5 Å². The van der Waals surface area contributed by atoms with E-state index in [2.05, 4.69) is 0 Å². The van der Waals surface area contributed by atoms with Crippen molar-refractivity contribution < 1.29 is 39.8 Å². The van der Waals surface area contributed by atoms with Gasteiger partial charge >= 0.3 is 17.2 Å². The SMILES string of the molecule is N[C@@H](CSC(=O)OC(C(=O)O)c1ccccc1[NH+]([O-])O)C(=O)O. The topological polar surface area (TPSA) is 175 Å². The summed E-state index contributed by atoms with van der Waals surface area (Å²) in [4.78, 5) is 33.4. The molecule has 0 radical (unpaired) electrons. The first-order valence-corrected chi connectivity index (χ1v) is 7.09. The van der Waals surface area contributed by atoms with E-state index in [0.29, 0.717) is 11.8 Å². The smallest absolute Gasteiger partial charge is 0.368 e. The molecule has 0 fully saturated rings. The zero-order valence-corrected chi connectivity index (χ0v) is 12.4. The van der Waals surface area contributed by atoms with Crippen molar-refractivity contribution in [2.75, 3.05) is 5.75 Å². The highest BCUT2D eigenvalue weighted by Crippen LogP contribution is 2.25. The Bertz CT molecular complexity index is 594. The molecule has 23 heavy (non-hydrogen) atoms. The number of ether oxygens (including phenoxy) is 1. The molecular formula is C12H14N2O8S. The number of carbonyl (C=O) groups excluding carboxylic acids is 1. The van der Waals surface area contributed by atoms with E-state index < -0.39 is 34.6 Å². The summed E-state index contributed by atoms with van der Waals surface area (Å²) in [6.07, 6.45) is -1.83. The van der Waals surface area contributed by atoms with Crippen molar-refractivity contribution in [3.05, 3.63) is 35.0 Å². The van der Waals surface area contributed by atoms with Gasteiger partial charge in [-0.3, -0.25) is 4.79 Å². The quantitative estimate of drug-likeness (QED) is 0.319. The number of rotatable bonds is 7. The standard InChI is InChI=1S/C12H14N2O8S/c13-7(10(15)16)5-23-12(19)22-9(11(17)18)6-3-1-2-4-8(6)14(20)21/h1-4,7,9,14,20H,5,13H2,(H,15,16)(H,17,18)/t7-,9?/m0/s1. The number of benzene rings is 1. The number of aliphatic carboxylic acids is 2. The van der Waals surface area contributed by atoms with Crippen LogP contribution in [0.3, 0.4) is 0 Å². The zero-order chi connectivity index (χ0) is 17.6. The molecule has 0 aliphatic rings. The molecule has 3 atom stereocenters. The molecule has 0 aliphatic heterocycles. The van der Waals surface area contributed by atoms with Gasteiger partial charge in [0.1, 0.15) is 6.04 Å². The van der Waals surface area contributed by atoms with E-state index in [1.54, 1.807) is 0 Å². The summed E-state index contributed by atoms with van der Waals surface area (Å²) in [6, 6.07) is 3.87. The zero-order valence-electron chi connectivity index (χ0n) is 11.5. The summed E-state index contributed by atoms with van der Waals surface area (Å²) < 4.78 is 4.73. The number of carbonyl (C=O) groups is 3. The van der Waals surface area contributed by atoms with Gasteiger partial charge in [0.15, 0.2) is 5.69 Å². The number of para-hydroxylation sites is 1. The third-order valence-corrected chi connectivity index (χ3v) is 3.47. The normalized spacial score (nSPS) is 14.6. The molecule has 0 heterocycles. The van der Waals surface area contributed by atoms with Gasteiger partial charge in [0.25, 0.3) is 0 Å². The van der Waals surface area contributed by atoms with Crippen LogP contribution in [0.15, 0.2) is 24.3 Å². The fraction of sp³-hybridized carbons (Fsp3) is 0.250. The van der Waals surface area contributed by atoms with Crippen LogP contribution in [0.5, 0.6) is 0 Å². The van der Waals surface area contributed by atoms with E-state index in [-0.39, 0.29) is 17.0 Å². The van der Waals surface area contributed by atoms with Gasteiger partial charge in [-0.2, -0.15) is 5.23 Å². The summed E-state index contributed by atoms with van der Waals surface area (Å²) in [5, 5.41) is 35.4. The number of hydrogen-bond acceptors (Lipinski definition) is 8. The lowest BCUT2D eigenvalue weighted by Crippen LogP contribution is -2.99. The fourth-order valence-corrected chi connectivity index (χ4v) is 2.15. The van der Waals surface area contributed by atoms with Crippen molar-refractivity contribution in [1.29, 1.82) is 0 Å². The van der Waals surface area contributed by atoms with Crippen molar-refractivity contribution in [3.63, 3.8) is 0 Å². The molecule has 0 aromatic heterocycles. The van der Waals surface area contributed by atoms with Gasteiger partial charge in [0, 0.05) is 11.8 Å². The molecule has 2 unspecified atom stereocenters. The number of quaternary nitrogens is 1. The average Bonchev–Trinajstić information content (AvgIpc) is 2.49. The Hall–Kier alpha value is -2.18. The third-order valence-electron chi connectivity index (χ3n) is 2.61. The summed E-state index contributed by atoms with van der Waals surface area (Å²) in [7, 11) is 0. The van der Waals surface area contributed by atoms with E-state index in [4.69, 9.17) is 25.9 Å². The molecule has 0 bridgehead atoms. The molecule has 0 aliphatic carbocycles. The predicted octanol–water partition coefficient (Wildman–Crippen LogP) is -0.503. The molecule has 0 saturated carbocycles. The maximum Gasteiger partial charge on any atom is 0.368 e. The van der Waals surface area contributed by atoms with Gasteiger partial charge in [-0.25, -0.2) is 14.8 Å². The van der Waals surface area contributed by atoms with Gasteiger partial charge in [0.2, 0.25) is 6.10 Å². The van der Waals surface area contributed by atoms with Crippen LogP contribution in [0, 0.1) is 5.21 Å². The lowest BCUT2D eigenvalue weighted by atomic mass is 10.1. The lowest BCUT2D eigenvalue weighted by molar-refractivity contribution is -0.991. The largest absolute Gasteiger partial charge is 0.595 e. The highest BCUT2D eigenvalue weighted by Gasteiger charge is 2.30. The van der Waals surface area contributed by atoms with Crippen LogP contribution in [-0.2, 0) is 14.3 Å². The van der Waals surface area contributed by atoms with E-state index in [1.807, 2.05) is 0 Å². The van der Waals surface area contributed by atoms with Crippen molar-refractivity contribution in [1.82, 2.24) is 0 Å². The van der Waals surface area contributed by atoms with E-state index in [0.717, 1.165) is 0 Å². The molecule has 0 saturated heterocycles. The summed E-state index contributed by atoms with van der Waals surface area (Å²) in [5.74, 6) is -3.20. The third kappa shape index (κ3) is 5.50. The molecule has 10 nitrogen and oxygen atoms in total. The minimum Gasteiger partial charge on any atom is -0.595 e. The molecule has 11 heteroatoms. The highest BCUT2D eigenvalue weighted by atomic mass is 32.2. The summed E-state index contributed by atoms with van der Waals surface area (Å²) in [6.45, 7) is 0. The number of carboxylic acids is 2. The van der Waals surface area contributed by atoms with Crippen LogP contribution in [0.1, 0.15) is 11.7 Å². The van der Waals surface area contributed by atoms with Crippen molar-refractivity contribution in [3.8, 4) is 0 Å². The van der Waals surface area contributed by atoms with E-state index in [1.165, 1.54) is 24.3 Å². The van der Waals surface area contributed by atoms with Crippen molar-refractivity contribution in [2.24, 2.45) is 5.73 Å². The van der Waals surface area contributed by atoms with E-state index >= 15 is 0 Å². The minimum atomic E-state index is -1.83. The number of thioether (sulfide) groups is 1. The summed E-state index contributed by atoms with van der Waals surface area (Å²) in [5.41, 5.74) is 4.68. The van der Waals surface area contributed by atoms with Gasteiger partial charge in [-0.15, -0.1) is 0 Å². The second-order valence-electron chi connectivity index (χ2n) is 4.23. The number of carboxylic acid groups (broad SMARTS) is 2. The minimum absolute atomic E-state index is 0.205. The van der Waals surface area contributed by atoms with Crippen molar-refractivity contribution >= 4 is 34.7 Å².